The molecular formula is C23H30IN5O2. The molecule has 2 saturated heterocycles. The minimum absolute atomic E-state index is 0. The fraction of sp³-hybridized carbons (Fsp3) is 0.435. The summed E-state index contributed by atoms with van der Waals surface area (Å²) in [6.45, 7) is 4.33. The zero-order valence-corrected chi connectivity index (χ0v) is 20.2. The van der Waals surface area contributed by atoms with Crippen LogP contribution in [0.15, 0.2) is 53.7 Å². The molecule has 3 heterocycles. The number of piperazine rings is 1. The number of aliphatic imine (C=N–C) groups is 1. The number of amides is 1. The molecular weight excluding hydrogens is 505 g/mol. The Balaban J connectivity index is 0.00000272. The van der Waals surface area contributed by atoms with E-state index in [4.69, 9.17) is 4.74 Å². The van der Waals surface area contributed by atoms with Crippen molar-refractivity contribution in [2.24, 2.45) is 4.99 Å². The Morgan fingerprint density at radius 3 is 2.65 bits per heavy atom. The van der Waals surface area contributed by atoms with E-state index in [0.29, 0.717) is 26.2 Å². The van der Waals surface area contributed by atoms with Crippen LogP contribution in [0, 0.1) is 0 Å². The quantitative estimate of drug-likeness (QED) is 0.371. The van der Waals surface area contributed by atoms with Crippen LogP contribution in [0.1, 0.15) is 18.4 Å². The summed E-state index contributed by atoms with van der Waals surface area (Å²) in [6.07, 6.45) is 3.40. The Kier molecular flexibility index (Phi) is 8.65. The number of carbonyl (C=O) groups excluding carboxylic acids is 1. The zero-order chi connectivity index (χ0) is 20.8. The third-order valence-electron chi connectivity index (χ3n) is 5.65. The largest absolute Gasteiger partial charge is 0.368 e. The Bertz CT molecular complexity index is 879. The van der Waals surface area contributed by atoms with E-state index in [-0.39, 0.29) is 36.0 Å². The van der Waals surface area contributed by atoms with Gasteiger partial charge in [0.25, 0.3) is 5.91 Å². The number of hydrogen-bond donors (Lipinski definition) is 1. The van der Waals surface area contributed by atoms with Crippen LogP contribution >= 0.6 is 24.0 Å². The monoisotopic (exact) mass is 535 g/mol. The molecule has 2 aromatic rings. The molecule has 1 aromatic heterocycles. The van der Waals surface area contributed by atoms with Crippen LogP contribution in [-0.2, 0) is 16.1 Å². The first-order valence-electron chi connectivity index (χ1n) is 10.6. The molecule has 0 radical (unpaired) electrons. The highest BCUT2D eigenvalue weighted by Gasteiger charge is 2.30. The lowest BCUT2D eigenvalue weighted by atomic mass is 10.1. The van der Waals surface area contributed by atoms with Crippen LogP contribution in [-0.4, -0.2) is 72.6 Å². The van der Waals surface area contributed by atoms with Crippen LogP contribution < -0.4 is 5.32 Å². The minimum Gasteiger partial charge on any atom is -0.368 e. The van der Waals surface area contributed by atoms with Crippen LogP contribution in [0.4, 0.5) is 0 Å². The Hall–Kier alpha value is -2.20. The molecule has 0 spiro atoms. The number of carbonyl (C=O) groups is 1. The van der Waals surface area contributed by atoms with Crippen LogP contribution in [0.5, 0.6) is 0 Å². The molecule has 1 unspecified atom stereocenters. The number of guanidine groups is 1. The summed E-state index contributed by atoms with van der Waals surface area (Å²) in [4.78, 5) is 25.6. The summed E-state index contributed by atoms with van der Waals surface area (Å²) in [5, 5.41) is 3.46. The average Bonchev–Trinajstić information content (AvgIpc) is 3.35. The lowest BCUT2D eigenvalue weighted by Gasteiger charge is -2.37. The van der Waals surface area contributed by atoms with Crippen molar-refractivity contribution in [1.29, 1.82) is 0 Å². The minimum atomic E-state index is -0.236. The molecule has 2 aliphatic heterocycles. The molecule has 31 heavy (non-hydrogen) atoms. The van der Waals surface area contributed by atoms with Gasteiger partial charge in [0.05, 0.1) is 5.69 Å². The van der Waals surface area contributed by atoms with Gasteiger partial charge in [-0.25, -0.2) is 0 Å². The van der Waals surface area contributed by atoms with E-state index in [1.54, 1.807) is 7.05 Å². The normalized spacial score (nSPS) is 19.1. The van der Waals surface area contributed by atoms with Crippen molar-refractivity contribution in [1.82, 2.24) is 20.1 Å². The summed E-state index contributed by atoms with van der Waals surface area (Å²) in [5.41, 5.74) is 3.24. The number of hydrogen-bond acceptors (Lipinski definition) is 4. The van der Waals surface area contributed by atoms with E-state index in [1.807, 2.05) is 29.3 Å². The third-order valence-corrected chi connectivity index (χ3v) is 5.65. The number of nitrogens with one attached hydrogen (secondary N) is 1. The maximum Gasteiger partial charge on any atom is 0.251 e. The second-order valence-corrected chi connectivity index (χ2v) is 7.63. The summed E-state index contributed by atoms with van der Waals surface area (Å²) in [5.74, 6) is 1.00. The van der Waals surface area contributed by atoms with Crippen molar-refractivity contribution in [3.05, 3.63) is 54.2 Å². The average molecular weight is 535 g/mol. The first kappa shape index (κ1) is 23.5. The van der Waals surface area contributed by atoms with E-state index in [9.17, 15) is 4.79 Å². The van der Waals surface area contributed by atoms with Gasteiger partial charge >= 0.3 is 0 Å². The van der Waals surface area contributed by atoms with Gasteiger partial charge in [0.15, 0.2) is 5.96 Å². The van der Waals surface area contributed by atoms with E-state index in [2.05, 4.69) is 44.5 Å². The third kappa shape index (κ3) is 5.94. The highest BCUT2D eigenvalue weighted by molar-refractivity contribution is 14.0. The first-order valence-corrected chi connectivity index (χ1v) is 10.6. The van der Waals surface area contributed by atoms with Crippen molar-refractivity contribution >= 4 is 35.8 Å². The number of ether oxygens (including phenoxy) is 1. The van der Waals surface area contributed by atoms with Crippen molar-refractivity contribution in [3.8, 4) is 11.3 Å². The summed E-state index contributed by atoms with van der Waals surface area (Å²) < 4.78 is 5.55. The SMILES string of the molecule is CN=C(NCc1cccc(-c2ccccn2)c1)N1CCN(C(=O)C2CCCO2)CC1.I. The fourth-order valence-electron chi connectivity index (χ4n) is 4.00. The second kappa shape index (κ2) is 11.4. The van der Waals surface area contributed by atoms with Gasteiger partial charge in [-0.3, -0.25) is 14.8 Å². The Morgan fingerprint density at radius 2 is 1.97 bits per heavy atom. The Labute approximate surface area is 200 Å². The summed E-state index contributed by atoms with van der Waals surface area (Å²) in [6, 6.07) is 14.3. The highest BCUT2D eigenvalue weighted by atomic mass is 127. The Morgan fingerprint density at radius 1 is 1.16 bits per heavy atom. The van der Waals surface area contributed by atoms with E-state index in [0.717, 1.165) is 43.1 Å². The molecule has 0 aliphatic carbocycles. The lowest BCUT2D eigenvalue weighted by molar-refractivity contribution is -0.142. The molecule has 166 valence electrons. The topological polar surface area (TPSA) is 70.1 Å². The van der Waals surface area contributed by atoms with Crippen LogP contribution in [0.3, 0.4) is 0 Å². The van der Waals surface area contributed by atoms with Gasteiger partial charge in [-0.1, -0.05) is 24.3 Å². The number of nitrogens with zero attached hydrogens (tertiary/aromatic N) is 4. The number of rotatable bonds is 4. The van der Waals surface area contributed by atoms with Gasteiger partial charge in [-0.15, -0.1) is 24.0 Å². The van der Waals surface area contributed by atoms with Crippen molar-refractivity contribution < 1.29 is 9.53 Å². The summed E-state index contributed by atoms with van der Waals surface area (Å²) in [7, 11) is 1.80. The first-order chi connectivity index (χ1) is 14.7. The van der Waals surface area contributed by atoms with Crippen LogP contribution in [0.2, 0.25) is 0 Å². The van der Waals surface area contributed by atoms with Gasteiger partial charge in [-0.2, -0.15) is 0 Å². The molecule has 1 aromatic carbocycles. The van der Waals surface area contributed by atoms with Crippen molar-refractivity contribution in [2.75, 3.05) is 39.8 Å². The predicted molar refractivity (Wildman–Crippen MR) is 132 cm³/mol. The van der Waals surface area contributed by atoms with E-state index in [1.165, 1.54) is 5.56 Å². The number of pyridine rings is 1. The number of benzene rings is 1. The maximum absolute atomic E-state index is 12.5. The predicted octanol–water partition coefficient (Wildman–Crippen LogP) is 2.77. The smallest absolute Gasteiger partial charge is 0.251 e. The van der Waals surface area contributed by atoms with Gasteiger partial charge in [0.2, 0.25) is 0 Å². The lowest BCUT2D eigenvalue weighted by Crippen LogP contribution is -2.55. The van der Waals surface area contributed by atoms with Gasteiger partial charge < -0.3 is 19.9 Å². The highest BCUT2D eigenvalue weighted by Crippen LogP contribution is 2.18. The van der Waals surface area contributed by atoms with Crippen molar-refractivity contribution in [2.45, 2.75) is 25.5 Å². The molecule has 2 aliphatic rings. The van der Waals surface area contributed by atoms with Gasteiger partial charge in [-0.05, 0) is 36.6 Å². The van der Waals surface area contributed by atoms with Gasteiger partial charge in [0.1, 0.15) is 6.10 Å². The fourth-order valence-corrected chi connectivity index (χ4v) is 4.00. The number of halogens is 1. The molecule has 1 amide bonds. The summed E-state index contributed by atoms with van der Waals surface area (Å²) >= 11 is 0. The van der Waals surface area contributed by atoms with Crippen molar-refractivity contribution in [3.63, 3.8) is 0 Å². The molecule has 0 saturated carbocycles. The molecule has 7 nitrogen and oxygen atoms in total. The standard InChI is InChI=1S/C23H29N5O2.HI/c1-24-23(28-13-11-27(12-14-28)22(29)21-9-5-15-30-21)26-17-18-6-4-7-19(16-18)20-8-2-3-10-25-20;/h2-4,6-8,10,16,21H,5,9,11-15,17H2,1H3,(H,24,26);1H. The van der Waals surface area contributed by atoms with E-state index < -0.39 is 0 Å². The van der Waals surface area contributed by atoms with E-state index >= 15 is 0 Å². The zero-order valence-electron chi connectivity index (χ0n) is 17.9. The molecule has 2 fully saturated rings. The number of aromatic nitrogens is 1. The van der Waals surface area contributed by atoms with Gasteiger partial charge in [0, 0.05) is 58.1 Å². The molecule has 0 bridgehead atoms. The maximum atomic E-state index is 12.5. The molecule has 1 N–H and O–H groups in total. The molecule has 8 heteroatoms. The molecule has 1 atom stereocenters. The second-order valence-electron chi connectivity index (χ2n) is 7.63. The van der Waals surface area contributed by atoms with Crippen LogP contribution in [0.25, 0.3) is 11.3 Å². The molecule has 4 rings (SSSR count).